The summed E-state index contributed by atoms with van der Waals surface area (Å²) < 4.78 is 6.97. The fraction of sp³-hybridized carbons (Fsp3) is 0.100. The second kappa shape index (κ2) is 7.92. The van der Waals surface area contributed by atoms with E-state index in [-0.39, 0.29) is 5.97 Å². The summed E-state index contributed by atoms with van der Waals surface area (Å²) in [6.45, 7) is 0.371. The van der Waals surface area contributed by atoms with Gasteiger partial charge in [0.1, 0.15) is 0 Å². The Hall–Kier alpha value is -3.14. The Morgan fingerprint density at radius 2 is 1.75 bits per heavy atom. The first-order valence-corrected chi connectivity index (χ1v) is 7.80. The van der Waals surface area contributed by atoms with Crippen molar-refractivity contribution in [2.24, 2.45) is 0 Å². The molecule has 2 aromatic carbocycles. The second-order valence-corrected chi connectivity index (χ2v) is 5.29. The van der Waals surface area contributed by atoms with E-state index in [2.05, 4.69) is 5.10 Å². The third kappa shape index (κ3) is 4.43. The molecular weight excluding hydrogens is 300 g/mol. The highest BCUT2D eigenvalue weighted by molar-refractivity contribution is 5.86. The summed E-state index contributed by atoms with van der Waals surface area (Å²) in [6, 6.07) is 19.8. The molecular formula is C20H18N2O2. The number of esters is 1. The molecule has 120 valence electrons. The highest BCUT2D eigenvalue weighted by Gasteiger charge is 2.00. The number of carbonyl (C=O) groups is 1. The summed E-state index contributed by atoms with van der Waals surface area (Å²) in [6.07, 6.45) is 7.42. The van der Waals surface area contributed by atoms with Crippen molar-refractivity contribution in [3.63, 3.8) is 0 Å². The molecule has 0 bridgehead atoms. The van der Waals surface area contributed by atoms with Gasteiger partial charge in [0, 0.05) is 24.3 Å². The molecule has 4 heteroatoms. The lowest BCUT2D eigenvalue weighted by molar-refractivity contribution is -0.137. The van der Waals surface area contributed by atoms with Crippen LogP contribution in [0.15, 0.2) is 79.1 Å². The van der Waals surface area contributed by atoms with Crippen LogP contribution in [0, 0.1) is 0 Å². The van der Waals surface area contributed by atoms with E-state index in [1.165, 1.54) is 6.08 Å². The van der Waals surface area contributed by atoms with Gasteiger partial charge in [0.25, 0.3) is 0 Å². The number of para-hydroxylation sites is 1. The summed E-state index contributed by atoms with van der Waals surface area (Å²) in [7, 11) is 0. The lowest BCUT2D eigenvalue weighted by Gasteiger charge is -2.01. The Bertz CT molecular complexity index is 808. The molecule has 3 rings (SSSR count). The molecule has 0 radical (unpaired) electrons. The molecule has 24 heavy (non-hydrogen) atoms. The van der Waals surface area contributed by atoms with Crippen LogP contribution in [0.3, 0.4) is 0 Å². The Balaban J connectivity index is 1.50. The molecule has 0 aliphatic rings. The monoisotopic (exact) mass is 318 g/mol. The standard InChI is InChI=1S/C20H18N2O2/c23-20(24-14-13-17-7-3-1-4-8-17)12-11-18-15-21-22(16-18)19-9-5-2-6-10-19/h1-12,15-16H,13-14H2/b12-11+. The number of rotatable bonds is 6. The molecule has 0 saturated heterocycles. The van der Waals surface area contributed by atoms with E-state index in [1.54, 1.807) is 17.0 Å². The lowest BCUT2D eigenvalue weighted by atomic mass is 10.2. The van der Waals surface area contributed by atoms with Crippen molar-refractivity contribution in [3.8, 4) is 5.69 Å². The van der Waals surface area contributed by atoms with E-state index in [0.717, 1.165) is 16.8 Å². The minimum atomic E-state index is -0.349. The first-order valence-electron chi connectivity index (χ1n) is 7.80. The number of aromatic nitrogens is 2. The van der Waals surface area contributed by atoms with Crippen LogP contribution in [0.25, 0.3) is 11.8 Å². The number of carbonyl (C=O) groups excluding carboxylic acids is 1. The van der Waals surface area contributed by atoms with Crippen molar-refractivity contribution >= 4 is 12.0 Å². The first kappa shape index (κ1) is 15.7. The van der Waals surface area contributed by atoms with E-state index in [9.17, 15) is 4.79 Å². The minimum absolute atomic E-state index is 0.349. The molecule has 0 saturated carbocycles. The normalized spacial score (nSPS) is 10.8. The zero-order valence-corrected chi connectivity index (χ0v) is 13.2. The van der Waals surface area contributed by atoms with Crippen LogP contribution in [0.4, 0.5) is 0 Å². The molecule has 0 N–H and O–H groups in total. The molecule has 0 spiro atoms. The van der Waals surface area contributed by atoms with Crippen LogP contribution in [0.5, 0.6) is 0 Å². The maximum absolute atomic E-state index is 11.7. The van der Waals surface area contributed by atoms with Crippen molar-refractivity contribution in [2.75, 3.05) is 6.61 Å². The van der Waals surface area contributed by atoms with Crippen molar-refractivity contribution in [2.45, 2.75) is 6.42 Å². The topological polar surface area (TPSA) is 44.1 Å². The van der Waals surface area contributed by atoms with Gasteiger partial charge in [0.15, 0.2) is 0 Å². The van der Waals surface area contributed by atoms with Gasteiger partial charge in [-0.25, -0.2) is 9.48 Å². The Morgan fingerprint density at radius 1 is 1.04 bits per heavy atom. The molecule has 0 unspecified atom stereocenters. The van der Waals surface area contributed by atoms with Crippen LogP contribution in [0.1, 0.15) is 11.1 Å². The zero-order chi connectivity index (χ0) is 16.6. The maximum Gasteiger partial charge on any atom is 0.330 e. The molecule has 0 atom stereocenters. The maximum atomic E-state index is 11.7. The van der Waals surface area contributed by atoms with Crippen molar-refractivity contribution in [1.82, 2.24) is 9.78 Å². The number of ether oxygens (including phenoxy) is 1. The number of hydrogen-bond donors (Lipinski definition) is 0. The van der Waals surface area contributed by atoms with Gasteiger partial charge in [-0.3, -0.25) is 0 Å². The molecule has 4 nitrogen and oxygen atoms in total. The van der Waals surface area contributed by atoms with Crippen molar-refractivity contribution in [1.29, 1.82) is 0 Å². The van der Waals surface area contributed by atoms with Crippen LogP contribution in [-0.2, 0) is 16.0 Å². The summed E-state index contributed by atoms with van der Waals surface area (Å²) >= 11 is 0. The molecule has 1 heterocycles. The SMILES string of the molecule is O=C(/C=C/c1cnn(-c2ccccc2)c1)OCCc1ccccc1. The van der Waals surface area contributed by atoms with Gasteiger partial charge < -0.3 is 4.74 Å². The molecule has 0 amide bonds. The lowest BCUT2D eigenvalue weighted by Crippen LogP contribution is -2.04. The smallest absolute Gasteiger partial charge is 0.330 e. The van der Waals surface area contributed by atoms with E-state index in [0.29, 0.717) is 13.0 Å². The van der Waals surface area contributed by atoms with Crippen LogP contribution >= 0.6 is 0 Å². The van der Waals surface area contributed by atoms with Crippen molar-refractivity contribution in [3.05, 3.63) is 90.3 Å². The predicted molar refractivity (Wildman–Crippen MR) is 93.7 cm³/mol. The van der Waals surface area contributed by atoms with Gasteiger partial charge in [-0.15, -0.1) is 0 Å². The summed E-state index contributed by atoms with van der Waals surface area (Å²) in [5.41, 5.74) is 2.97. The fourth-order valence-corrected chi connectivity index (χ4v) is 2.27. The Kier molecular flexibility index (Phi) is 5.20. The van der Waals surface area contributed by atoms with Gasteiger partial charge in [0.2, 0.25) is 0 Å². The third-order valence-electron chi connectivity index (χ3n) is 3.51. The largest absolute Gasteiger partial charge is 0.462 e. The van der Waals surface area contributed by atoms with E-state index >= 15 is 0 Å². The van der Waals surface area contributed by atoms with Gasteiger partial charge in [-0.05, 0) is 23.8 Å². The van der Waals surface area contributed by atoms with Gasteiger partial charge in [0.05, 0.1) is 18.5 Å². The van der Waals surface area contributed by atoms with Crippen LogP contribution in [0.2, 0.25) is 0 Å². The highest BCUT2D eigenvalue weighted by Crippen LogP contribution is 2.09. The molecule has 0 aliphatic heterocycles. The Labute approximate surface area is 141 Å². The fourth-order valence-electron chi connectivity index (χ4n) is 2.27. The summed E-state index contributed by atoms with van der Waals surface area (Å²) in [5, 5.41) is 4.28. The first-order chi connectivity index (χ1) is 11.8. The van der Waals surface area contributed by atoms with Gasteiger partial charge in [-0.1, -0.05) is 48.5 Å². The zero-order valence-electron chi connectivity index (χ0n) is 13.2. The Morgan fingerprint density at radius 3 is 2.50 bits per heavy atom. The summed E-state index contributed by atoms with van der Waals surface area (Å²) in [5.74, 6) is -0.349. The highest BCUT2D eigenvalue weighted by atomic mass is 16.5. The van der Waals surface area contributed by atoms with Gasteiger partial charge >= 0.3 is 5.97 Å². The number of benzene rings is 2. The van der Waals surface area contributed by atoms with Crippen LogP contribution in [-0.4, -0.2) is 22.4 Å². The third-order valence-corrected chi connectivity index (χ3v) is 3.51. The number of nitrogens with zero attached hydrogens (tertiary/aromatic N) is 2. The molecule has 0 fully saturated rings. The second-order valence-electron chi connectivity index (χ2n) is 5.29. The van der Waals surface area contributed by atoms with Crippen molar-refractivity contribution < 1.29 is 9.53 Å². The molecule has 1 aromatic heterocycles. The quantitative estimate of drug-likeness (QED) is 0.514. The minimum Gasteiger partial charge on any atom is -0.462 e. The molecule has 0 aliphatic carbocycles. The van der Waals surface area contributed by atoms with E-state index in [4.69, 9.17) is 4.74 Å². The molecule has 3 aromatic rings. The van der Waals surface area contributed by atoms with Gasteiger partial charge in [-0.2, -0.15) is 5.10 Å². The van der Waals surface area contributed by atoms with Crippen LogP contribution < -0.4 is 0 Å². The predicted octanol–water partition coefficient (Wildman–Crippen LogP) is 3.67. The average Bonchev–Trinajstić information content (AvgIpc) is 3.11. The van der Waals surface area contributed by atoms with E-state index in [1.807, 2.05) is 66.9 Å². The average molecular weight is 318 g/mol. The van der Waals surface area contributed by atoms with E-state index < -0.39 is 0 Å². The number of hydrogen-bond acceptors (Lipinski definition) is 3. The summed E-state index contributed by atoms with van der Waals surface area (Å²) in [4.78, 5) is 11.7.